The molecule has 4 nitrogen and oxygen atoms in total. The summed E-state index contributed by atoms with van der Waals surface area (Å²) < 4.78 is 57.7. The van der Waals surface area contributed by atoms with Crippen LogP contribution in [0.1, 0.15) is 0 Å². The Labute approximate surface area is 201 Å². The van der Waals surface area contributed by atoms with Crippen molar-refractivity contribution in [3.63, 3.8) is 0 Å². The van der Waals surface area contributed by atoms with E-state index in [9.17, 15) is 22.7 Å². The van der Waals surface area contributed by atoms with E-state index in [0.717, 1.165) is 6.07 Å². The molecule has 0 spiro atoms. The summed E-state index contributed by atoms with van der Waals surface area (Å²) in [5.74, 6) is -0.644. The van der Waals surface area contributed by atoms with Crippen LogP contribution >= 0.6 is 23.2 Å². The largest absolute Gasteiger partial charge is 0.493 e. The zero-order valence-electron chi connectivity index (χ0n) is 17.2. The quantitative estimate of drug-likeness (QED) is 0.246. The summed E-state index contributed by atoms with van der Waals surface area (Å²) in [5, 5.41) is 15.1. The zero-order valence-corrected chi connectivity index (χ0v) is 18.7. The number of ether oxygens (including phenoxy) is 1. The van der Waals surface area contributed by atoms with Crippen molar-refractivity contribution in [2.45, 2.75) is 12.5 Å². The number of nitrogens with zero attached hydrogens (tertiary/aromatic N) is 1. The number of aromatic hydroxyl groups is 1. The van der Waals surface area contributed by atoms with Crippen molar-refractivity contribution in [2.24, 2.45) is 0 Å². The second kappa shape index (κ2) is 9.48. The van der Waals surface area contributed by atoms with E-state index in [1.165, 1.54) is 16.7 Å². The summed E-state index contributed by atoms with van der Waals surface area (Å²) in [6.45, 7) is 0. The molecule has 0 radical (unpaired) electrons. The Kier molecular flexibility index (Phi) is 6.63. The Morgan fingerprint density at radius 3 is 2.12 bits per heavy atom. The van der Waals surface area contributed by atoms with Crippen molar-refractivity contribution in [3.8, 4) is 28.6 Å². The maximum Gasteiger partial charge on any atom is 0.461 e. The molecule has 176 valence electrons. The van der Waals surface area contributed by atoms with Gasteiger partial charge in [-0.1, -0.05) is 35.3 Å². The third kappa shape index (κ3) is 5.08. The first kappa shape index (κ1) is 23.8. The monoisotopic (exact) mass is 510 g/mol. The van der Waals surface area contributed by atoms with Crippen LogP contribution in [0.5, 0.6) is 11.6 Å². The molecule has 0 saturated carbocycles. The highest BCUT2D eigenvalue weighted by atomic mass is 35.5. The number of nitrogens with one attached hydrogen (secondary N) is 1. The van der Waals surface area contributed by atoms with E-state index in [4.69, 9.17) is 23.2 Å². The number of alkyl halides is 4. The third-order valence-corrected chi connectivity index (χ3v) is 5.32. The molecule has 0 atom stereocenters. The van der Waals surface area contributed by atoms with Gasteiger partial charge in [-0.3, -0.25) is 4.57 Å². The highest BCUT2D eigenvalue weighted by Gasteiger charge is 2.44. The molecular formula is C24H16Cl2F4N2O2. The summed E-state index contributed by atoms with van der Waals surface area (Å²) in [4.78, 5) is 0. The number of anilines is 2. The molecule has 4 rings (SSSR count). The number of halogens is 6. The molecule has 0 saturated heterocycles. The van der Waals surface area contributed by atoms with Gasteiger partial charge in [-0.05, 0) is 66.7 Å². The van der Waals surface area contributed by atoms with Crippen LogP contribution in [0.15, 0.2) is 78.9 Å². The van der Waals surface area contributed by atoms with Gasteiger partial charge in [-0.25, -0.2) is 0 Å². The van der Waals surface area contributed by atoms with Gasteiger partial charge in [0.1, 0.15) is 11.4 Å². The number of rotatable bonds is 7. The van der Waals surface area contributed by atoms with Crippen LogP contribution in [0.2, 0.25) is 10.0 Å². The number of hydrogen-bond acceptors (Lipinski definition) is 3. The first-order valence-corrected chi connectivity index (χ1v) is 10.6. The molecule has 0 aliphatic rings. The number of benzene rings is 3. The SMILES string of the molecule is Oc1c(Nc2ccc(Cl)cc2)cc(-c2cccc(OC(F)(F)C(F)F)c2)n1-c1ccc(Cl)cc1. The van der Waals surface area contributed by atoms with Crippen molar-refractivity contribution in [1.82, 2.24) is 4.57 Å². The lowest BCUT2D eigenvalue weighted by atomic mass is 10.1. The molecule has 2 N–H and O–H groups in total. The Hall–Kier alpha value is -3.36. The molecule has 0 aliphatic heterocycles. The normalized spacial score (nSPS) is 11.6. The molecule has 1 aromatic heterocycles. The molecule has 4 aromatic rings. The molecule has 0 aliphatic carbocycles. The summed E-state index contributed by atoms with van der Waals surface area (Å²) in [5.41, 5.74) is 2.16. The first-order chi connectivity index (χ1) is 16.1. The molecule has 0 amide bonds. The molecule has 0 fully saturated rings. The molecule has 0 unspecified atom stereocenters. The van der Waals surface area contributed by atoms with Gasteiger partial charge in [0.05, 0.1) is 5.69 Å². The van der Waals surface area contributed by atoms with Crippen LogP contribution in [0.4, 0.5) is 28.9 Å². The maximum atomic E-state index is 13.4. The third-order valence-electron chi connectivity index (χ3n) is 4.82. The van der Waals surface area contributed by atoms with Crippen LogP contribution in [0.3, 0.4) is 0 Å². The lowest BCUT2D eigenvalue weighted by molar-refractivity contribution is -0.253. The van der Waals surface area contributed by atoms with E-state index in [1.54, 1.807) is 60.7 Å². The number of aromatic nitrogens is 1. The minimum absolute atomic E-state index is 0.184. The second-order valence-corrected chi connectivity index (χ2v) is 8.08. The summed E-state index contributed by atoms with van der Waals surface area (Å²) in [7, 11) is 0. The van der Waals surface area contributed by atoms with E-state index in [0.29, 0.717) is 38.4 Å². The fraction of sp³-hybridized carbons (Fsp3) is 0.0833. The predicted octanol–water partition coefficient (Wildman–Crippen LogP) is 8.14. The van der Waals surface area contributed by atoms with Crippen LogP contribution in [0, 0.1) is 0 Å². The molecule has 3 aromatic carbocycles. The van der Waals surface area contributed by atoms with Crippen LogP contribution in [-0.2, 0) is 0 Å². The van der Waals surface area contributed by atoms with Crippen LogP contribution < -0.4 is 10.1 Å². The minimum atomic E-state index is -4.65. The van der Waals surface area contributed by atoms with Crippen molar-refractivity contribution in [2.75, 3.05) is 5.32 Å². The van der Waals surface area contributed by atoms with E-state index in [1.807, 2.05) is 0 Å². The minimum Gasteiger partial charge on any atom is -0.493 e. The predicted molar refractivity (Wildman–Crippen MR) is 124 cm³/mol. The Balaban J connectivity index is 1.80. The Morgan fingerprint density at radius 1 is 0.882 bits per heavy atom. The number of hydrogen-bond donors (Lipinski definition) is 2. The van der Waals surface area contributed by atoms with Crippen molar-refractivity contribution in [3.05, 3.63) is 88.9 Å². The van der Waals surface area contributed by atoms with E-state index < -0.39 is 18.3 Å². The second-order valence-electron chi connectivity index (χ2n) is 7.20. The fourth-order valence-corrected chi connectivity index (χ4v) is 3.52. The lowest BCUT2D eigenvalue weighted by Gasteiger charge is -2.17. The fourth-order valence-electron chi connectivity index (χ4n) is 3.27. The van der Waals surface area contributed by atoms with Gasteiger partial charge in [-0.15, -0.1) is 0 Å². The van der Waals surface area contributed by atoms with Crippen molar-refractivity contribution in [1.29, 1.82) is 0 Å². The van der Waals surface area contributed by atoms with Crippen molar-refractivity contribution >= 4 is 34.6 Å². The van der Waals surface area contributed by atoms with Gasteiger partial charge < -0.3 is 15.2 Å². The van der Waals surface area contributed by atoms with E-state index in [-0.39, 0.29) is 5.88 Å². The molecule has 10 heteroatoms. The summed E-state index contributed by atoms with van der Waals surface area (Å²) in [6, 6.07) is 20.2. The van der Waals surface area contributed by atoms with Gasteiger partial charge in [0, 0.05) is 27.0 Å². The Morgan fingerprint density at radius 2 is 1.50 bits per heavy atom. The topological polar surface area (TPSA) is 46.4 Å². The maximum absolute atomic E-state index is 13.4. The zero-order chi connectivity index (χ0) is 24.5. The molecular weight excluding hydrogens is 495 g/mol. The van der Waals surface area contributed by atoms with Crippen LogP contribution in [0.25, 0.3) is 16.9 Å². The first-order valence-electron chi connectivity index (χ1n) is 9.83. The van der Waals surface area contributed by atoms with Gasteiger partial charge in [-0.2, -0.15) is 17.6 Å². The highest BCUT2D eigenvalue weighted by Crippen LogP contribution is 2.40. The van der Waals surface area contributed by atoms with E-state index in [2.05, 4.69) is 10.1 Å². The van der Waals surface area contributed by atoms with Gasteiger partial charge in [0.2, 0.25) is 5.88 Å². The standard InChI is InChI=1S/C24H16Cl2F4N2O2/c25-15-4-8-17(9-5-15)31-20-13-21(32(22(20)33)18-10-6-16(26)7-11-18)14-2-1-3-19(12-14)34-24(29,30)23(27)28/h1-13,23,31,33H. The van der Waals surface area contributed by atoms with Gasteiger partial charge in [0.25, 0.3) is 0 Å². The van der Waals surface area contributed by atoms with Crippen molar-refractivity contribution < 1.29 is 27.4 Å². The van der Waals surface area contributed by atoms with Gasteiger partial charge in [0.15, 0.2) is 0 Å². The van der Waals surface area contributed by atoms with Crippen LogP contribution in [-0.4, -0.2) is 22.2 Å². The Bertz CT molecular complexity index is 1290. The molecule has 0 bridgehead atoms. The lowest BCUT2D eigenvalue weighted by Crippen LogP contribution is -2.33. The van der Waals surface area contributed by atoms with E-state index >= 15 is 0 Å². The summed E-state index contributed by atoms with van der Waals surface area (Å²) >= 11 is 11.9. The average Bonchev–Trinajstić information content (AvgIpc) is 3.12. The highest BCUT2D eigenvalue weighted by molar-refractivity contribution is 6.30. The smallest absolute Gasteiger partial charge is 0.461 e. The molecule has 34 heavy (non-hydrogen) atoms. The summed E-state index contributed by atoms with van der Waals surface area (Å²) in [6.07, 6.45) is -8.64. The average molecular weight is 511 g/mol. The van der Waals surface area contributed by atoms with Gasteiger partial charge >= 0.3 is 12.5 Å². The molecule has 1 heterocycles.